The van der Waals surface area contributed by atoms with Crippen molar-refractivity contribution in [3.8, 4) is 0 Å². The van der Waals surface area contributed by atoms with Crippen molar-refractivity contribution in [1.82, 2.24) is 0 Å². The molecule has 35 heavy (non-hydrogen) atoms. The van der Waals surface area contributed by atoms with Crippen LogP contribution in [0, 0.1) is 34.5 Å². The van der Waals surface area contributed by atoms with E-state index in [0.29, 0.717) is 18.3 Å². The molecule has 4 N–H and O–H groups in total. The van der Waals surface area contributed by atoms with E-state index < -0.39 is 11.4 Å². The van der Waals surface area contributed by atoms with Gasteiger partial charge in [-0.3, -0.25) is 4.79 Å². The average molecular weight is 495 g/mol. The second-order valence-electron chi connectivity index (χ2n) is 13.1. The summed E-state index contributed by atoms with van der Waals surface area (Å²) in [6.45, 7) is 8.01. The predicted molar refractivity (Wildman–Crippen MR) is 142 cm³/mol. The first kappa shape index (κ1) is 30.3. The van der Waals surface area contributed by atoms with E-state index in [1.54, 1.807) is 13.8 Å². The molecule has 0 bridgehead atoms. The monoisotopic (exact) mass is 494 g/mol. The molecular weight excluding hydrogens is 440 g/mol. The number of hydrogen-bond donors (Lipinski definition) is 4. The van der Waals surface area contributed by atoms with E-state index in [9.17, 15) is 25.2 Å². The van der Waals surface area contributed by atoms with Gasteiger partial charge in [-0.05, 0) is 82.5 Å². The number of unbranched alkanes of at least 4 members (excludes halogenated alkanes) is 2. The van der Waals surface area contributed by atoms with Gasteiger partial charge in [-0.1, -0.05) is 64.5 Å². The molecule has 0 aromatic heterocycles. The lowest BCUT2D eigenvalue weighted by Crippen LogP contribution is -2.34. The van der Waals surface area contributed by atoms with Crippen molar-refractivity contribution < 1.29 is 25.2 Å². The van der Waals surface area contributed by atoms with Gasteiger partial charge >= 0.3 is 5.97 Å². The first-order valence-corrected chi connectivity index (χ1v) is 14.4. The molecule has 0 aliphatic heterocycles. The highest BCUT2D eigenvalue weighted by Gasteiger charge is 2.33. The molecule has 0 aromatic rings. The van der Waals surface area contributed by atoms with E-state index in [-0.39, 0.29) is 36.1 Å². The Morgan fingerprint density at radius 2 is 1.23 bits per heavy atom. The molecule has 204 valence electrons. The Morgan fingerprint density at radius 1 is 0.771 bits per heavy atom. The second kappa shape index (κ2) is 14.1. The van der Waals surface area contributed by atoms with Crippen molar-refractivity contribution >= 4 is 5.97 Å². The minimum atomic E-state index is -0.738. The van der Waals surface area contributed by atoms with E-state index in [4.69, 9.17) is 0 Å². The number of carbonyl (C=O) groups is 1. The Bertz CT molecular complexity index is 655. The SMILES string of the molecule is CC(C)(CO)CCCCC1CCCC(C=CC2CCCC(CCCCC(C)(C)C(=O)O)C2O)C1O. The number of aliphatic hydroxyl groups excluding tert-OH is 3. The van der Waals surface area contributed by atoms with Crippen molar-refractivity contribution in [3.05, 3.63) is 12.2 Å². The van der Waals surface area contributed by atoms with Crippen molar-refractivity contribution in [2.24, 2.45) is 34.5 Å². The zero-order valence-electron chi connectivity index (χ0n) is 22.9. The van der Waals surface area contributed by atoms with Crippen LogP contribution in [0.1, 0.15) is 118 Å². The molecule has 0 aromatic carbocycles. The van der Waals surface area contributed by atoms with Crippen LogP contribution >= 0.6 is 0 Å². The minimum Gasteiger partial charge on any atom is -0.481 e. The maximum Gasteiger partial charge on any atom is 0.309 e. The Balaban J connectivity index is 1.78. The highest BCUT2D eigenvalue weighted by molar-refractivity contribution is 5.73. The van der Waals surface area contributed by atoms with Crippen LogP contribution in [0.3, 0.4) is 0 Å². The van der Waals surface area contributed by atoms with Gasteiger partial charge in [0.1, 0.15) is 0 Å². The molecule has 2 saturated carbocycles. The van der Waals surface area contributed by atoms with Gasteiger partial charge in [0.15, 0.2) is 0 Å². The average Bonchev–Trinajstić information content (AvgIpc) is 2.81. The van der Waals surface area contributed by atoms with Gasteiger partial charge in [-0.15, -0.1) is 0 Å². The molecular formula is C30H54O5. The fraction of sp³-hybridized carbons (Fsp3) is 0.900. The van der Waals surface area contributed by atoms with Crippen LogP contribution in [0.5, 0.6) is 0 Å². The van der Waals surface area contributed by atoms with E-state index in [0.717, 1.165) is 83.5 Å². The Morgan fingerprint density at radius 3 is 1.66 bits per heavy atom. The van der Waals surface area contributed by atoms with Crippen molar-refractivity contribution in [2.45, 2.75) is 130 Å². The highest BCUT2D eigenvalue weighted by Crippen LogP contribution is 2.37. The maximum absolute atomic E-state index is 11.3. The lowest BCUT2D eigenvalue weighted by Gasteiger charge is -2.36. The molecule has 5 heteroatoms. The molecule has 6 unspecified atom stereocenters. The van der Waals surface area contributed by atoms with Gasteiger partial charge in [0.2, 0.25) is 0 Å². The summed E-state index contributed by atoms with van der Waals surface area (Å²) in [4.78, 5) is 11.3. The largest absolute Gasteiger partial charge is 0.481 e. The summed E-state index contributed by atoms with van der Waals surface area (Å²) in [6.07, 6.45) is 18.0. The number of rotatable bonds is 14. The third-order valence-electron chi connectivity index (χ3n) is 8.99. The number of aliphatic carboxylic acids is 1. The zero-order valence-corrected chi connectivity index (χ0v) is 22.9. The topological polar surface area (TPSA) is 98.0 Å². The molecule has 2 rings (SSSR count). The normalized spacial score (nSPS) is 30.6. The van der Waals surface area contributed by atoms with E-state index in [1.165, 1.54) is 0 Å². The summed E-state index contributed by atoms with van der Waals surface area (Å²) in [5, 5.41) is 40.8. The van der Waals surface area contributed by atoms with Crippen molar-refractivity contribution in [1.29, 1.82) is 0 Å². The van der Waals surface area contributed by atoms with Gasteiger partial charge in [0.05, 0.1) is 17.6 Å². The van der Waals surface area contributed by atoms with Crippen LogP contribution in [0.4, 0.5) is 0 Å². The van der Waals surface area contributed by atoms with Crippen molar-refractivity contribution in [3.63, 3.8) is 0 Å². The summed E-state index contributed by atoms with van der Waals surface area (Å²) in [5.74, 6) is 0.261. The first-order chi connectivity index (χ1) is 16.5. The first-order valence-electron chi connectivity index (χ1n) is 14.4. The molecule has 2 fully saturated rings. The Labute approximate surface area is 214 Å². The molecule has 0 saturated heterocycles. The minimum absolute atomic E-state index is 0.00972. The predicted octanol–water partition coefficient (Wildman–Crippen LogP) is 6.35. The fourth-order valence-electron chi connectivity index (χ4n) is 6.12. The van der Waals surface area contributed by atoms with Gasteiger partial charge in [0.25, 0.3) is 0 Å². The van der Waals surface area contributed by atoms with Gasteiger partial charge < -0.3 is 20.4 Å². The molecule has 2 aliphatic carbocycles. The lowest BCUT2D eigenvalue weighted by molar-refractivity contribution is -0.147. The lowest BCUT2D eigenvalue weighted by atomic mass is 9.73. The van der Waals surface area contributed by atoms with Crippen LogP contribution in [-0.2, 0) is 4.79 Å². The number of carboxylic acids is 1. The number of carboxylic acid groups (broad SMARTS) is 1. The van der Waals surface area contributed by atoms with Crippen LogP contribution in [-0.4, -0.2) is 45.2 Å². The molecule has 5 nitrogen and oxygen atoms in total. The third kappa shape index (κ3) is 9.81. The maximum atomic E-state index is 11.3. The van der Waals surface area contributed by atoms with E-state index in [1.807, 2.05) is 0 Å². The number of aliphatic hydroxyl groups is 3. The summed E-state index contributed by atoms with van der Waals surface area (Å²) < 4.78 is 0. The van der Waals surface area contributed by atoms with Crippen LogP contribution < -0.4 is 0 Å². The molecule has 0 heterocycles. The molecule has 6 atom stereocenters. The van der Waals surface area contributed by atoms with E-state index in [2.05, 4.69) is 26.0 Å². The molecule has 0 radical (unpaired) electrons. The number of hydrogen-bond acceptors (Lipinski definition) is 4. The fourth-order valence-corrected chi connectivity index (χ4v) is 6.12. The van der Waals surface area contributed by atoms with Gasteiger partial charge in [-0.25, -0.2) is 0 Å². The third-order valence-corrected chi connectivity index (χ3v) is 8.99. The smallest absolute Gasteiger partial charge is 0.309 e. The summed E-state index contributed by atoms with van der Waals surface area (Å²) in [6, 6.07) is 0. The van der Waals surface area contributed by atoms with Gasteiger partial charge in [0, 0.05) is 18.4 Å². The highest BCUT2D eigenvalue weighted by atomic mass is 16.4. The quantitative estimate of drug-likeness (QED) is 0.167. The van der Waals surface area contributed by atoms with Crippen molar-refractivity contribution in [2.75, 3.05) is 6.61 Å². The Hall–Kier alpha value is -0.910. The van der Waals surface area contributed by atoms with Gasteiger partial charge in [-0.2, -0.15) is 0 Å². The molecule has 0 spiro atoms. The summed E-state index contributed by atoms with van der Waals surface area (Å²) in [5.41, 5.74) is -0.685. The summed E-state index contributed by atoms with van der Waals surface area (Å²) >= 11 is 0. The second-order valence-corrected chi connectivity index (χ2v) is 13.1. The van der Waals surface area contributed by atoms with Crippen LogP contribution in [0.25, 0.3) is 0 Å². The van der Waals surface area contributed by atoms with Crippen LogP contribution in [0.2, 0.25) is 0 Å². The molecule has 2 aliphatic rings. The summed E-state index contributed by atoms with van der Waals surface area (Å²) in [7, 11) is 0. The van der Waals surface area contributed by atoms with E-state index >= 15 is 0 Å². The van der Waals surface area contributed by atoms with Crippen LogP contribution in [0.15, 0.2) is 12.2 Å². The Kier molecular flexibility index (Phi) is 12.2. The zero-order chi connectivity index (χ0) is 26.1. The standard InChI is InChI=1S/C30H54O5/c1-29(2,21-31)19-7-5-11-22-13-9-15-24(26(22)32)17-18-25-16-10-14-23(27(25)33)12-6-8-20-30(3,4)28(34)35/h17-18,22-27,31-33H,5-16,19-21H2,1-4H3,(H,34,35). The molecule has 0 amide bonds.